The zero-order chi connectivity index (χ0) is 14.8. The van der Waals surface area contributed by atoms with E-state index in [1.807, 2.05) is 37.3 Å². The summed E-state index contributed by atoms with van der Waals surface area (Å²) < 4.78 is 5.85. The third-order valence-electron chi connectivity index (χ3n) is 3.14. The van der Waals surface area contributed by atoms with E-state index in [9.17, 15) is 0 Å². The summed E-state index contributed by atoms with van der Waals surface area (Å²) in [5.74, 6) is 7.74. The Labute approximate surface area is 122 Å². The molecule has 6 heteroatoms. The summed E-state index contributed by atoms with van der Waals surface area (Å²) in [6.45, 7) is 3.64. The third kappa shape index (κ3) is 2.61. The van der Waals surface area contributed by atoms with Crippen molar-refractivity contribution in [2.24, 2.45) is 5.84 Å². The first-order valence-electron chi connectivity index (χ1n) is 6.52. The highest BCUT2D eigenvalue weighted by Crippen LogP contribution is 2.28. The van der Waals surface area contributed by atoms with E-state index in [1.54, 1.807) is 13.1 Å². The minimum absolute atomic E-state index is 0.478. The van der Waals surface area contributed by atoms with Crippen molar-refractivity contribution in [3.63, 3.8) is 0 Å². The van der Waals surface area contributed by atoms with Gasteiger partial charge in [-0.05, 0) is 32.0 Å². The Morgan fingerprint density at radius 3 is 2.81 bits per heavy atom. The van der Waals surface area contributed by atoms with E-state index in [1.165, 1.54) is 0 Å². The van der Waals surface area contributed by atoms with Crippen LogP contribution in [0.2, 0.25) is 0 Å². The number of nitrogen functional groups attached to an aromatic ring is 1. The van der Waals surface area contributed by atoms with Crippen molar-refractivity contribution in [2.75, 3.05) is 5.43 Å². The smallest absolute Gasteiger partial charge is 0.227 e. The molecule has 1 aromatic carbocycles. The maximum absolute atomic E-state index is 5.85. The van der Waals surface area contributed by atoms with Gasteiger partial charge in [-0.2, -0.15) is 4.98 Å². The van der Waals surface area contributed by atoms with E-state index >= 15 is 0 Å². The molecule has 0 saturated heterocycles. The molecular weight excluding hydrogens is 266 g/mol. The Kier molecular flexibility index (Phi) is 3.37. The van der Waals surface area contributed by atoms with Gasteiger partial charge >= 0.3 is 0 Å². The summed E-state index contributed by atoms with van der Waals surface area (Å²) in [7, 11) is 0. The maximum atomic E-state index is 5.85. The normalized spacial score (nSPS) is 10.6. The molecule has 3 rings (SSSR count). The first-order valence-corrected chi connectivity index (χ1v) is 6.52. The first kappa shape index (κ1) is 13.3. The molecule has 0 aliphatic carbocycles. The predicted molar refractivity (Wildman–Crippen MR) is 81.1 cm³/mol. The number of nitrogens with two attached hydrogens (primary N) is 1. The summed E-state index contributed by atoms with van der Waals surface area (Å²) in [5, 5.41) is 1.06. The molecule has 0 unspecified atom stereocenters. The summed E-state index contributed by atoms with van der Waals surface area (Å²) in [4.78, 5) is 12.8. The number of pyridine rings is 1. The van der Waals surface area contributed by atoms with Crippen molar-refractivity contribution in [1.82, 2.24) is 15.0 Å². The molecule has 0 spiro atoms. The standard InChI is InChI=1S/C15H15N5O/c1-9-14(20-16)18-10(2)19-15(9)21-12-6-5-11-4-3-7-17-13(11)8-12/h3-8H,16H2,1-2H3,(H,18,19,20). The Balaban J connectivity index is 2.00. The molecule has 0 radical (unpaired) electrons. The molecule has 2 aromatic heterocycles. The Hall–Kier alpha value is -2.73. The van der Waals surface area contributed by atoms with Crippen LogP contribution in [-0.4, -0.2) is 15.0 Å². The van der Waals surface area contributed by atoms with Gasteiger partial charge in [0.15, 0.2) is 0 Å². The zero-order valence-corrected chi connectivity index (χ0v) is 11.8. The van der Waals surface area contributed by atoms with E-state index < -0.39 is 0 Å². The lowest BCUT2D eigenvalue weighted by Crippen LogP contribution is -2.12. The van der Waals surface area contributed by atoms with Crippen molar-refractivity contribution in [2.45, 2.75) is 13.8 Å². The average Bonchev–Trinajstić information content (AvgIpc) is 2.50. The summed E-state index contributed by atoms with van der Waals surface area (Å²) in [6, 6.07) is 9.63. The Bertz CT molecular complexity index is 803. The van der Waals surface area contributed by atoms with E-state index in [4.69, 9.17) is 10.6 Å². The number of aromatic nitrogens is 3. The number of hydrazine groups is 1. The lowest BCUT2D eigenvalue weighted by Gasteiger charge is -2.11. The van der Waals surface area contributed by atoms with Gasteiger partial charge < -0.3 is 10.2 Å². The molecular formula is C15H15N5O. The van der Waals surface area contributed by atoms with Gasteiger partial charge in [0.1, 0.15) is 17.4 Å². The number of aryl methyl sites for hydroxylation is 1. The summed E-state index contributed by atoms with van der Waals surface area (Å²) in [6.07, 6.45) is 1.75. The number of nitrogens with one attached hydrogen (secondary N) is 1. The number of anilines is 1. The SMILES string of the molecule is Cc1nc(NN)c(C)c(Oc2ccc3cccnc3c2)n1. The van der Waals surface area contributed by atoms with Crippen LogP contribution in [-0.2, 0) is 0 Å². The molecule has 3 N–H and O–H groups in total. The number of fused-ring (bicyclic) bond motifs is 1. The van der Waals surface area contributed by atoms with Crippen LogP contribution < -0.4 is 16.0 Å². The van der Waals surface area contributed by atoms with Crippen molar-refractivity contribution in [1.29, 1.82) is 0 Å². The van der Waals surface area contributed by atoms with Crippen LogP contribution in [0.1, 0.15) is 11.4 Å². The molecule has 0 aliphatic rings. The zero-order valence-electron chi connectivity index (χ0n) is 11.8. The van der Waals surface area contributed by atoms with E-state index in [0.29, 0.717) is 23.3 Å². The lowest BCUT2D eigenvalue weighted by atomic mass is 10.2. The van der Waals surface area contributed by atoms with Crippen molar-refractivity contribution < 1.29 is 4.74 Å². The molecule has 0 bridgehead atoms. The number of hydrogen-bond donors (Lipinski definition) is 2. The van der Waals surface area contributed by atoms with Crippen LogP contribution >= 0.6 is 0 Å². The molecule has 21 heavy (non-hydrogen) atoms. The topological polar surface area (TPSA) is 86.0 Å². The number of ether oxygens (including phenoxy) is 1. The minimum Gasteiger partial charge on any atom is -0.438 e. The summed E-state index contributed by atoms with van der Waals surface area (Å²) >= 11 is 0. The molecule has 0 fully saturated rings. The highest BCUT2D eigenvalue weighted by Gasteiger charge is 2.11. The minimum atomic E-state index is 0.478. The molecule has 0 saturated carbocycles. The molecule has 6 nitrogen and oxygen atoms in total. The van der Waals surface area contributed by atoms with Crippen LogP contribution in [0.15, 0.2) is 36.5 Å². The second-order valence-corrected chi connectivity index (χ2v) is 4.65. The van der Waals surface area contributed by atoms with Gasteiger partial charge in [0, 0.05) is 17.6 Å². The molecule has 106 valence electrons. The van der Waals surface area contributed by atoms with Gasteiger partial charge in [-0.25, -0.2) is 10.8 Å². The van der Waals surface area contributed by atoms with Gasteiger partial charge in [-0.1, -0.05) is 6.07 Å². The van der Waals surface area contributed by atoms with Crippen molar-refractivity contribution in [3.05, 3.63) is 47.9 Å². The largest absolute Gasteiger partial charge is 0.438 e. The molecule has 0 atom stereocenters. The van der Waals surface area contributed by atoms with Crippen LogP contribution in [0, 0.1) is 13.8 Å². The van der Waals surface area contributed by atoms with Crippen LogP contribution in [0.5, 0.6) is 11.6 Å². The second-order valence-electron chi connectivity index (χ2n) is 4.65. The number of hydrogen-bond acceptors (Lipinski definition) is 6. The molecule has 3 aromatic rings. The average molecular weight is 281 g/mol. The van der Waals surface area contributed by atoms with Crippen LogP contribution in [0.3, 0.4) is 0 Å². The Morgan fingerprint density at radius 1 is 1.14 bits per heavy atom. The highest BCUT2D eigenvalue weighted by atomic mass is 16.5. The second kappa shape index (κ2) is 5.34. The van der Waals surface area contributed by atoms with Crippen LogP contribution in [0.25, 0.3) is 10.9 Å². The van der Waals surface area contributed by atoms with Gasteiger partial charge in [-0.3, -0.25) is 4.98 Å². The fourth-order valence-corrected chi connectivity index (χ4v) is 2.06. The number of rotatable bonds is 3. The predicted octanol–water partition coefficient (Wildman–Crippen LogP) is 2.72. The Morgan fingerprint density at radius 2 is 2.00 bits per heavy atom. The fraction of sp³-hybridized carbons (Fsp3) is 0.133. The maximum Gasteiger partial charge on any atom is 0.227 e. The van der Waals surface area contributed by atoms with Gasteiger partial charge in [0.2, 0.25) is 5.88 Å². The van der Waals surface area contributed by atoms with Crippen molar-refractivity contribution >= 4 is 16.7 Å². The van der Waals surface area contributed by atoms with E-state index in [2.05, 4.69) is 20.4 Å². The molecule has 2 heterocycles. The quantitative estimate of drug-likeness (QED) is 0.567. The summed E-state index contributed by atoms with van der Waals surface area (Å²) in [5.41, 5.74) is 4.17. The fourth-order valence-electron chi connectivity index (χ4n) is 2.06. The number of benzene rings is 1. The van der Waals surface area contributed by atoms with Crippen LogP contribution in [0.4, 0.5) is 5.82 Å². The monoisotopic (exact) mass is 281 g/mol. The van der Waals surface area contributed by atoms with Gasteiger partial charge in [0.25, 0.3) is 0 Å². The van der Waals surface area contributed by atoms with Gasteiger partial charge in [0.05, 0.1) is 11.1 Å². The first-order chi connectivity index (χ1) is 10.2. The highest BCUT2D eigenvalue weighted by molar-refractivity contribution is 5.79. The van der Waals surface area contributed by atoms with Gasteiger partial charge in [-0.15, -0.1) is 0 Å². The number of nitrogens with zero attached hydrogens (tertiary/aromatic N) is 3. The molecule has 0 aliphatic heterocycles. The lowest BCUT2D eigenvalue weighted by molar-refractivity contribution is 0.456. The van der Waals surface area contributed by atoms with E-state index in [-0.39, 0.29) is 0 Å². The molecule has 0 amide bonds. The third-order valence-corrected chi connectivity index (χ3v) is 3.14. The van der Waals surface area contributed by atoms with E-state index in [0.717, 1.165) is 16.5 Å². The van der Waals surface area contributed by atoms with Crippen molar-refractivity contribution in [3.8, 4) is 11.6 Å².